The van der Waals surface area contributed by atoms with Crippen LogP contribution >= 0.6 is 23.2 Å². The molecule has 0 radical (unpaired) electrons. The lowest BCUT2D eigenvalue weighted by atomic mass is 10.0. The van der Waals surface area contributed by atoms with Gasteiger partial charge >= 0.3 is 5.97 Å². The highest BCUT2D eigenvalue weighted by molar-refractivity contribution is 6.33. The van der Waals surface area contributed by atoms with Crippen LogP contribution in [0.5, 0.6) is 0 Å². The number of aliphatic hydroxyl groups is 1. The summed E-state index contributed by atoms with van der Waals surface area (Å²) in [4.78, 5) is 11.0. The molecule has 3 rings (SSSR count). The summed E-state index contributed by atoms with van der Waals surface area (Å²) < 4.78 is 0. The Bertz CT molecular complexity index is 990. The van der Waals surface area contributed by atoms with Crippen molar-refractivity contribution in [2.45, 2.75) is 12.5 Å². The zero-order valence-electron chi connectivity index (χ0n) is 15.6. The topological polar surface area (TPSA) is 69.6 Å². The van der Waals surface area contributed by atoms with Crippen molar-refractivity contribution in [3.05, 3.63) is 93.5 Å². The molecular formula is C23H21Cl2NO3. The molecule has 0 aromatic heterocycles. The summed E-state index contributed by atoms with van der Waals surface area (Å²) >= 11 is 12.2. The summed E-state index contributed by atoms with van der Waals surface area (Å²) in [7, 11) is 0. The Morgan fingerprint density at radius 2 is 1.76 bits per heavy atom. The van der Waals surface area contributed by atoms with Gasteiger partial charge in [0, 0.05) is 22.2 Å². The molecule has 0 heterocycles. The van der Waals surface area contributed by atoms with E-state index in [2.05, 4.69) is 5.32 Å². The molecule has 0 aliphatic heterocycles. The molecule has 0 saturated carbocycles. The van der Waals surface area contributed by atoms with Crippen LogP contribution in [0.1, 0.15) is 27.6 Å². The summed E-state index contributed by atoms with van der Waals surface area (Å²) in [6.07, 6.45) is 0.209. The zero-order valence-corrected chi connectivity index (χ0v) is 17.1. The van der Waals surface area contributed by atoms with Crippen LogP contribution in [0.25, 0.3) is 11.1 Å². The Labute approximate surface area is 179 Å². The second-order valence-corrected chi connectivity index (χ2v) is 7.57. The van der Waals surface area contributed by atoms with Gasteiger partial charge in [-0.25, -0.2) is 4.79 Å². The molecule has 150 valence electrons. The first kappa shape index (κ1) is 21.3. The van der Waals surface area contributed by atoms with Crippen molar-refractivity contribution in [2.75, 3.05) is 13.1 Å². The number of benzene rings is 3. The number of carboxylic acids is 1. The highest BCUT2D eigenvalue weighted by Crippen LogP contribution is 2.29. The molecule has 29 heavy (non-hydrogen) atoms. The van der Waals surface area contributed by atoms with Crippen molar-refractivity contribution in [2.24, 2.45) is 0 Å². The highest BCUT2D eigenvalue weighted by atomic mass is 35.5. The second-order valence-electron chi connectivity index (χ2n) is 6.72. The molecule has 3 aromatic carbocycles. The number of carboxylic acid groups (broad SMARTS) is 1. The van der Waals surface area contributed by atoms with E-state index in [0.29, 0.717) is 16.6 Å². The maximum atomic E-state index is 11.0. The van der Waals surface area contributed by atoms with Crippen molar-refractivity contribution in [3.8, 4) is 11.1 Å². The molecule has 0 aliphatic carbocycles. The van der Waals surface area contributed by atoms with E-state index < -0.39 is 12.1 Å². The van der Waals surface area contributed by atoms with Crippen LogP contribution in [0.15, 0.2) is 66.7 Å². The molecule has 0 spiro atoms. The van der Waals surface area contributed by atoms with Gasteiger partial charge in [0.1, 0.15) is 0 Å². The van der Waals surface area contributed by atoms with E-state index >= 15 is 0 Å². The van der Waals surface area contributed by atoms with E-state index in [1.165, 1.54) is 6.07 Å². The van der Waals surface area contributed by atoms with Crippen molar-refractivity contribution < 1.29 is 15.0 Å². The molecule has 4 nitrogen and oxygen atoms in total. The van der Waals surface area contributed by atoms with Gasteiger partial charge < -0.3 is 15.5 Å². The molecule has 0 bridgehead atoms. The first-order valence-electron chi connectivity index (χ1n) is 9.20. The van der Waals surface area contributed by atoms with E-state index in [0.717, 1.165) is 35.2 Å². The van der Waals surface area contributed by atoms with Crippen molar-refractivity contribution in [1.82, 2.24) is 5.32 Å². The summed E-state index contributed by atoms with van der Waals surface area (Å²) in [5.41, 5.74) is 3.84. The Balaban J connectivity index is 1.53. The minimum absolute atomic E-state index is 0.168. The molecule has 1 atom stereocenters. The predicted octanol–water partition coefficient (Wildman–Crippen LogP) is 5.22. The highest BCUT2D eigenvalue weighted by Gasteiger charge is 2.09. The zero-order chi connectivity index (χ0) is 20.8. The number of aromatic carboxylic acids is 1. The summed E-state index contributed by atoms with van der Waals surface area (Å²) in [5, 5.41) is 23.5. The average molecular weight is 430 g/mol. The third-order valence-corrected chi connectivity index (χ3v) is 5.19. The van der Waals surface area contributed by atoms with Gasteiger partial charge in [0.2, 0.25) is 0 Å². The maximum Gasteiger partial charge on any atom is 0.335 e. The van der Waals surface area contributed by atoms with Crippen LogP contribution in [0, 0.1) is 0 Å². The van der Waals surface area contributed by atoms with Gasteiger partial charge in [-0.15, -0.1) is 0 Å². The van der Waals surface area contributed by atoms with Crippen LogP contribution in [-0.2, 0) is 6.42 Å². The molecule has 6 heteroatoms. The number of halogens is 2. The third-order valence-electron chi connectivity index (χ3n) is 4.64. The van der Waals surface area contributed by atoms with Crippen LogP contribution < -0.4 is 5.32 Å². The number of aliphatic hydroxyl groups excluding tert-OH is 1. The van der Waals surface area contributed by atoms with E-state index in [9.17, 15) is 9.90 Å². The van der Waals surface area contributed by atoms with E-state index in [-0.39, 0.29) is 5.56 Å². The standard InChI is InChI=1S/C23H21Cl2NO3/c24-19-3-1-2-17(12-19)22(27)14-26-11-10-15-4-6-16(7-5-15)20-9-8-18(23(28)29)13-21(20)25/h1-9,12-13,22,26-27H,10-11,14H2,(H,28,29)/t22-/m0/s1. The van der Waals surface area contributed by atoms with Gasteiger partial charge in [-0.1, -0.05) is 65.7 Å². The number of nitrogens with one attached hydrogen (secondary N) is 1. The van der Waals surface area contributed by atoms with Crippen LogP contribution in [0.3, 0.4) is 0 Å². The second kappa shape index (κ2) is 9.90. The van der Waals surface area contributed by atoms with Gasteiger partial charge in [0.15, 0.2) is 0 Å². The lowest BCUT2D eigenvalue weighted by Gasteiger charge is -2.13. The summed E-state index contributed by atoms with van der Waals surface area (Å²) in [6.45, 7) is 1.18. The largest absolute Gasteiger partial charge is 0.478 e. The molecular weight excluding hydrogens is 409 g/mol. The first-order valence-corrected chi connectivity index (χ1v) is 9.96. The minimum atomic E-state index is -0.998. The van der Waals surface area contributed by atoms with Crippen molar-refractivity contribution in [3.63, 3.8) is 0 Å². The van der Waals surface area contributed by atoms with Crippen LogP contribution in [0.2, 0.25) is 10.0 Å². The first-order chi connectivity index (χ1) is 13.9. The monoisotopic (exact) mass is 429 g/mol. The van der Waals surface area contributed by atoms with Crippen LogP contribution in [0.4, 0.5) is 0 Å². The smallest absolute Gasteiger partial charge is 0.335 e. The lowest BCUT2D eigenvalue weighted by molar-refractivity contribution is 0.0697. The number of rotatable bonds is 8. The quantitative estimate of drug-likeness (QED) is 0.429. The van der Waals surface area contributed by atoms with Gasteiger partial charge in [-0.2, -0.15) is 0 Å². The van der Waals surface area contributed by atoms with Crippen LogP contribution in [-0.4, -0.2) is 29.3 Å². The van der Waals surface area contributed by atoms with E-state index in [1.807, 2.05) is 36.4 Å². The molecule has 3 aromatic rings. The molecule has 3 N–H and O–H groups in total. The number of carbonyl (C=O) groups is 1. The Morgan fingerprint density at radius 3 is 2.41 bits per heavy atom. The number of hydrogen-bond donors (Lipinski definition) is 3. The van der Waals surface area contributed by atoms with Gasteiger partial charge in [0.05, 0.1) is 11.7 Å². The van der Waals surface area contributed by atoms with E-state index in [4.69, 9.17) is 28.3 Å². The van der Waals surface area contributed by atoms with E-state index in [1.54, 1.807) is 24.3 Å². The van der Waals surface area contributed by atoms with Gasteiger partial charge in [-0.3, -0.25) is 0 Å². The molecule has 0 unspecified atom stereocenters. The van der Waals surface area contributed by atoms with Crippen molar-refractivity contribution >= 4 is 29.2 Å². The molecule has 0 aliphatic rings. The summed E-state index contributed by atoms with van der Waals surface area (Å²) in [5.74, 6) is -0.998. The maximum absolute atomic E-state index is 11.0. The predicted molar refractivity (Wildman–Crippen MR) is 117 cm³/mol. The lowest BCUT2D eigenvalue weighted by Crippen LogP contribution is -2.23. The van der Waals surface area contributed by atoms with Crippen molar-refractivity contribution in [1.29, 1.82) is 0 Å². The van der Waals surface area contributed by atoms with Gasteiger partial charge in [0.25, 0.3) is 0 Å². The minimum Gasteiger partial charge on any atom is -0.478 e. The fourth-order valence-corrected chi connectivity index (χ4v) is 3.52. The number of hydrogen-bond acceptors (Lipinski definition) is 3. The molecule has 0 fully saturated rings. The average Bonchev–Trinajstić information content (AvgIpc) is 2.71. The Morgan fingerprint density at radius 1 is 1.00 bits per heavy atom. The molecule has 0 saturated heterocycles. The Kier molecular flexibility index (Phi) is 7.29. The Hall–Kier alpha value is -2.37. The summed E-state index contributed by atoms with van der Waals surface area (Å²) in [6, 6.07) is 19.9. The fraction of sp³-hybridized carbons (Fsp3) is 0.174. The normalized spacial score (nSPS) is 12.0. The van der Waals surface area contributed by atoms with Gasteiger partial charge in [-0.05, 0) is 53.9 Å². The molecule has 0 amide bonds. The third kappa shape index (κ3) is 5.81. The SMILES string of the molecule is O=C(O)c1ccc(-c2ccc(CCNC[C@H](O)c3cccc(Cl)c3)cc2)c(Cl)c1. The fourth-order valence-electron chi connectivity index (χ4n) is 3.04.